The van der Waals surface area contributed by atoms with Crippen LogP contribution in [0.15, 0.2) is 53.4 Å². The van der Waals surface area contributed by atoms with Crippen LogP contribution in [0.5, 0.6) is 0 Å². The number of thioether (sulfide) groups is 1. The molecule has 3 N–H and O–H groups in total. The van der Waals surface area contributed by atoms with Gasteiger partial charge in [-0.1, -0.05) is 24.4 Å². The molecule has 20 heavy (non-hydrogen) atoms. The Kier molecular flexibility index (Phi) is 4.76. The molecular weight excluding hydrogens is 288 g/mol. The fourth-order valence-corrected chi connectivity index (χ4v) is 2.48. The Morgan fingerprint density at radius 3 is 2.40 bits per heavy atom. The van der Waals surface area contributed by atoms with Gasteiger partial charge in [0.15, 0.2) is 0 Å². The summed E-state index contributed by atoms with van der Waals surface area (Å²) < 4.78 is 0. The SMILES string of the molecule is CSc1ccccc1C(=O)Nc1ccc(C(N)=S)cc1. The third kappa shape index (κ3) is 3.37. The van der Waals surface area contributed by atoms with Crippen molar-refractivity contribution < 1.29 is 4.79 Å². The summed E-state index contributed by atoms with van der Waals surface area (Å²) in [4.78, 5) is 13.5. The number of carbonyl (C=O) groups excluding carboxylic acids is 1. The molecule has 2 aromatic carbocycles. The van der Waals surface area contributed by atoms with Gasteiger partial charge in [-0.3, -0.25) is 4.79 Å². The lowest BCUT2D eigenvalue weighted by molar-refractivity contribution is 0.102. The van der Waals surface area contributed by atoms with Crippen LogP contribution in [-0.2, 0) is 0 Å². The van der Waals surface area contributed by atoms with E-state index < -0.39 is 0 Å². The number of hydrogen-bond donors (Lipinski definition) is 2. The van der Waals surface area contributed by atoms with Crippen molar-refractivity contribution in [2.45, 2.75) is 4.90 Å². The summed E-state index contributed by atoms with van der Waals surface area (Å²) in [5.74, 6) is -0.127. The molecule has 0 aliphatic carbocycles. The standard InChI is InChI=1S/C15H14N2OS2/c1-20-13-5-3-2-4-12(13)15(18)17-11-8-6-10(7-9-11)14(16)19/h2-9H,1H3,(H2,16,19)(H,17,18). The van der Waals surface area contributed by atoms with E-state index in [-0.39, 0.29) is 5.91 Å². The van der Waals surface area contributed by atoms with E-state index in [1.165, 1.54) is 0 Å². The normalized spacial score (nSPS) is 10.1. The first-order valence-corrected chi connectivity index (χ1v) is 7.59. The lowest BCUT2D eigenvalue weighted by atomic mass is 10.2. The molecule has 0 heterocycles. The monoisotopic (exact) mass is 302 g/mol. The average Bonchev–Trinajstić information content (AvgIpc) is 2.47. The van der Waals surface area contributed by atoms with Gasteiger partial charge in [-0.05, 0) is 42.7 Å². The number of amides is 1. The number of hydrogen-bond acceptors (Lipinski definition) is 3. The Bertz CT molecular complexity index is 639. The molecular formula is C15H14N2OS2. The smallest absolute Gasteiger partial charge is 0.256 e. The van der Waals surface area contributed by atoms with Gasteiger partial charge < -0.3 is 11.1 Å². The van der Waals surface area contributed by atoms with Crippen LogP contribution in [0, 0.1) is 0 Å². The number of thiocarbonyl (C=S) groups is 1. The van der Waals surface area contributed by atoms with E-state index in [2.05, 4.69) is 5.32 Å². The fraction of sp³-hybridized carbons (Fsp3) is 0.0667. The maximum absolute atomic E-state index is 12.2. The van der Waals surface area contributed by atoms with E-state index in [0.29, 0.717) is 16.2 Å². The van der Waals surface area contributed by atoms with Gasteiger partial charge in [0.05, 0.1) is 5.56 Å². The molecule has 102 valence electrons. The Morgan fingerprint density at radius 2 is 1.80 bits per heavy atom. The number of benzene rings is 2. The van der Waals surface area contributed by atoms with Gasteiger partial charge in [0.1, 0.15) is 4.99 Å². The number of nitrogens with one attached hydrogen (secondary N) is 1. The van der Waals surface area contributed by atoms with Crippen LogP contribution in [0.25, 0.3) is 0 Å². The van der Waals surface area contributed by atoms with Crippen LogP contribution in [0.3, 0.4) is 0 Å². The fourth-order valence-electron chi connectivity index (χ4n) is 1.75. The van der Waals surface area contributed by atoms with Crippen molar-refractivity contribution in [3.63, 3.8) is 0 Å². The zero-order valence-electron chi connectivity index (χ0n) is 10.9. The zero-order valence-corrected chi connectivity index (χ0v) is 12.6. The maximum Gasteiger partial charge on any atom is 0.256 e. The molecule has 0 atom stereocenters. The van der Waals surface area contributed by atoms with Crippen LogP contribution < -0.4 is 11.1 Å². The van der Waals surface area contributed by atoms with Gasteiger partial charge in [-0.15, -0.1) is 11.8 Å². The van der Waals surface area contributed by atoms with Crippen LogP contribution in [0.4, 0.5) is 5.69 Å². The Balaban J connectivity index is 2.17. The average molecular weight is 302 g/mol. The second-order valence-corrected chi connectivity index (χ2v) is 5.38. The van der Waals surface area contributed by atoms with Gasteiger partial charge in [-0.25, -0.2) is 0 Å². The number of rotatable bonds is 4. The highest BCUT2D eigenvalue weighted by atomic mass is 32.2. The number of anilines is 1. The zero-order chi connectivity index (χ0) is 14.5. The Hall–Kier alpha value is -1.85. The quantitative estimate of drug-likeness (QED) is 0.672. The van der Waals surface area contributed by atoms with Gasteiger partial charge >= 0.3 is 0 Å². The second-order valence-electron chi connectivity index (χ2n) is 4.10. The van der Waals surface area contributed by atoms with E-state index in [0.717, 1.165) is 10.5 Å². The third-order valence-electron chi connectivity index (χ3n) is 2.78. The van der Waals surface area contributed by atoms with Crippen LogP contribution >= 0.6 is 24.0 Å². The molecule has 0 aliphatic heterocycles. The topological polar surface area (TPSA) is 55.1 Å². The molecule has 0 radical (unpaired) electrons. The lowest BCUT2D eigenvalue weighted by Crippen LogP contribution is -2.13. The van der Waals surface area contributed by atoms with Crippen molar-refractivity contribution in [2.24, 2.45) is 5.73 Å². The molecule has 1 amide bonds. The van der Waals surface area contributed by atoms with E-state index >= 15 is 0 Å². The third-order valence-corrected chi connectivity index (χ3v) is 3.81. The predicted octanol–water partition coefficient (Wildman–Crippen LogP) is 3.30. The minimum atomic E-state index is -0.127. The van der Waals surface area contributed by atoms with Crippen molar-refractivity contribution in [1.29, 1.82) is 0 Å². The molecule has 0 bridgehead atoms. The summed E-state index contributed by atoms with van der Waals surface area (Å²) in [5.41, 5.74) is 7.69. The van der Waals surface area contributed by atoms with Crippen molar-refractivity contribution >= 4 is 40.6 Å². The Morgan fingerprint density at radius 1 is 1.15 bits per heavy atom. The number of carbonyl (C=O) groups is 1. The molecule has 0 saturated carbocycles. The minimum Gasteiger partial charge on any atom is -0.389 e. The highest BCUT2D eigenvalue weighted by molar-refractivity contribution is 7.98. The molecule has 0 aromatic heterocycles. The van der Waals surface area contributed by atoms with Gasteiger partial charge in [0, 0.05) is 16.1 Å². The van der Waals surface area contributed by atoms with Crippen molar-refractivity contribution in [2.75, 3.05) is 11.6 Å². The van der Waals surface area contributed by atoms with E-state index in [1.807, 2.05) is 30.5 Å². The van der Waals surface area contributed by atoms with Crippen LogP contribution in [-0.4, -0.2) is 17.2 Å². The van der Waals surface area contributed by atoms with E-state index in [4.69, 9.17) is 18.0 Å². The predicted molar refractivity (Wildman–Crippen MR) is 88.5 cm³/mol. The van der Waals surface area contributed by atoms with Gasteiger partial charge in [0.25, 0.3) is 5.91 Å². The summed E-state index contributed by atoms with van der Waals surface area (Å²) in [7, 11) is 0. The maximum atomic E-state index is 12.2. The van der Waals surface area contributed by atoms with Crippen LogP contribution in [0.1, 0.15) is 15.9 Å². The minimum absolute atomic E-state index is 0.127. The largest absolute Gasteiger partial charge is 0.389 e. The van der Waals surface area contributed by atoms with Crippen molar-refractivity contribution in [3.8, 4) is 0 Å². The highest BCUT2D eigenvalue weighted by Crippen LogP contribution is 2.21. The molecule has 0 spiro atoms. The molecule has 0 aliphatic rings. The summed E-state index contributed by atoms with van der Waals surface area (Å²) >= 11 is 6.44. The summed E-state index contributed by atoms with van der Waals surface area (Å²) in [6, 6.07) is 14.7. The highest BCUT2D eigenvalue weighted by Gasteiger charge is 2.10. The van der Waals surface area contributed by atoms with Crippen molar-refractivity contribution in [1.82, 2.24) is 0 Å². The van der Waals surface area contributed by atoms with E-state index in [9.17, 15) is 4.79 Å². The summed E-state index contributed by atoms with van der Waals surface area (Å²) in [6.07, 6.45) is 1.95. The second kappa shape index (κ2) is 6.54. The summed E-state index contributed by atoms with van der Waals surface area (Å²) in [5, 5.41) is 2.86. The van der Waals surface area contributed by atoms with Gasteiger partial charge in [-0.2, -0.15) is 0 Å². The van der Waals surface area contributed by atoms with Crippen LogP contribution in [0.2, 0.25) is 0 Å². The van der Waals surface area contributed by atoms with Crippen molar-refractivity contribution in [3.05, 3.63) is 59.7 Å². The molecule has 0 saturated heterocycles. The summed E-state index contributed by atoms with van der Waals surface area (Å²) in [6.45, 7) is 0. The molecule has 2 aromatic rings. The molecule has 0 unspecified atom stereocenters. The molecule has 5 heteroatoms. The first-order chi connectivity index (χ1) is 9.61. The Labute approximate surface area is 127 Å². The molecule has 0 fully saturated rings. The first kappa shape index (κ1) is 14.6. The first-order valence-electron chi connectivity index (χ1n) is 5.96. The lowest BCUT2D eigenvalue weighted by Gasteiger charge is -2.09. The number of nitrogens with two attached hydrogens (primary N) is 1. The van der Waals surface area contributed by atoms with E-state index in [1.54, 1.807) is 36.0 Å². The van der Waals surface area contributed by atoms with Gasteiger partial charge in [0.2, 0.25) is 0 Å². The molecule has 3 nitrogen and oxygen atoms in total. The molecule has 2 rings (SSSR count).